The Morgan fingerprint density at radius 1 is 1.04 bits per heavy atom. The summed E-state index contributed by atoms with van der Waals surface area (Å²) in [5.74, 6) is -1.49. The molecule has 6 nitrogen and oxygen atoms in total. The third kappa shape index (κ3) is 3.54. The third-order valence-corrected chi connectivity index (χ3v) is 3.45. The molecule has 2 aromatic carbocycles. The van der Waals surface area contributed by atoms with E-state index in [0.29, 0.717) is 5.75 Å². The molecule has 0 aliphatic carbocycles. The number of aromatic hydroxyl groups is 1. The summed E-state index contributed by atoms with van der Waals surface area (Å²) in [4.78, 5) is 24.4. The minimum atomic E-state index is -0.968. The van der Waals surface area contributed by atoms with Crippen LogP contribution in [-0.2, 0) is 0 Å². The van der Waals surface area contributed by atoms with Crippen molar-refractivity contribution in [3.63, 3.8) is 0 Å². The average Bonchev–Trinajstić information content (AvgIpc) is 2.59. The molecule has 1 aromatic heterocycles. The Labute approximate surface area is 149 Å². The van der Waals surface area contributed by atoms with Crippen molar-refractivity contribution in [3.8, 4) is 17.2 Å². The summed E-state index contributed by atoms with van der Waals surface area (Å²) in [6.07, 6.45) is 0. The van der Waals surface area contributed by atoms with E-state index in [1.54, 1.807) is 36.4 Å². The summed E-state index contributed by atoms with van der Waals surface area (Å²) in [7, 11) is 0. The van der Waals surface area contributed by atoms with Gasteiger partial charge in [0, 0.05) is 0 Å². The van der Waals surface area contributed by atoms with Gasteiger partial charge in [-0.3, -0.25) is 0 Å². The predicted molar refractivity (Wildman–Crippen MR) is 95.9 cm³/mol. The largest absolute Gasteiger partial charge is 0.504 e. The van der Waals surface area contributed by atoms with Crippen molar-refractivity contribution in [2.45, 2.75) is 26.4 Å². The normalized spacial score (nSPS) is 11.3. The molecule has 0 aliphatic heterocycles. The molecule has 0 bridgehead atoms. The zero-order valence-corrected chi connectivity index (χ0v) is 14.6. The first-order valence-corrected chi connectivity index (χ1v) is 8.01. The van der Waals surface area contributed by atoms with Crippen molar-refractivity contribution in [1.29, 1.82) is 0 Å². The van der Waals surface area contributed by atoms with Crippen LogP contribution in [0.4, 0.5) is 0 Å². The van der Waals surface area contributed by atoms with E-state index in [9.17, 15) is 14.7 Å². The van der Waals surface area contributed by atoms with Crippen LogP contribution in [0.3, 0.4) is 0 Å². The van der Waals surface area contributed by atoms with Crippen LogP contribution < -0.4 is 15.1 Å². The van der Waals surface area contributed by atoms with Gasteiger partial charge in [0.25, 0.3) is 5.75 Å². The van der Waals surface area contributed by atoms with Crippen molar-refractivity contribution in [2.24, 2.45) is 0 Å². The lowest BCUT2D eigenvalue weighted by Gasteiger charge is -2.21. The monoisotopic (exact) mass is 354 g/mol. The molecule has 0 atom stereocenters. The van der Waals surface area contributed by atoms with Gasteiger partial charge in [0.1, 0.15) is 5.60 Å². The van der Waals surface area contributed by atoms with E-state index in [0.717, 1.165) is 0 Å². The summed E-state index contributed by atoms with van der Waals surface area (Å²) in [5, 5.41) is 10.7. The third-order valence-electron chi connectivity index (χ3n) is 3.45. The van der Waals surface area contributed by atoms with Crippen LogP contribution in [-0.4, -0.2) is 16.7 Å². The average molecular weight is 354 g/mol. The van der Waals surface area contributed by atoms with Crippen LogP contribution in [0.1, 0.15) is 31.1 Å². The molecular formula is C20H18O6. The van der Waals surface area contributed by atoms with Gasteiger partial charge in [0.05, 0.1) is 10.9 Å². The first kappa shape index (κ1) is 17.5. The molecule has 1 N–H and O–H groups in total. The molecule has 26 heavy (non-hydrogen) atoms. The molecule has 0 unspecified atom stereocenters. The number of ether oxygens (including phenoxy) is 2. The number of benzene rings is 2. The predicted octanol–water partition coefficient (Wildman–Crippen LogP) is 3.90. The fourth-order valence-corrected chi connectivity index (χ4v) is 2.39. The van der Waals surface area contributed by atoms with Gasteiger partial charge in [0.15, 0.2) is 17.1 Å². The molecule has 0 aliphatic rings. The smallest absolute Gasteiger partial charge is 0.383 e. The lowest BCUT2D eigenvalue weighted by atomic mass is 10.1. The van der Waals surface area contributed by atoms with Gasteiger partial charge in [-0.2, -0.15) is 0 Å². The fraction of sp³-hybridized carbons (Fsp3) is 0.200. The minimum Gasteiger partial charge on any atom is -0.504 e. The summed E-state index contributed by atoms with van der Waals surface area (Å²) in [6.45, 7) is 5.54. The Hall–Kier alpha value is -3.28. The first-order valence-electron chi connectivity index (χ1n) is 8.01. The van der Waals surface area contributed by atoms with Crippen LogP contribution in [0.2, 0.25) is 0 Å². The molecule has 0 spiro atoms. The van der Waals surface area contributed by atoms with Gasteiger partial charge in [-0.15, -0.1) is 0 Å². The Kier molecular flexibility index (Phi) is 4.42. The second-order valence-electron chi connectivity index (χ2n) is 6.67. The zero-order valence-electron chi connectivity index (χ0n) is 14.6. The van der Waals surface area contributed by atoms with Crippen LogP contribution >= 0.6 is 0 Å². The fourth-order valence-electron chi connectivity index (χ4n) is 2.39. The minimum absolute atomic E-state index is 0.0874. The topological polar surface area (TPSA) is 86.0 Å². The molecule has 1 heterocycles. The Morgan fingerprint density at radius 2 is 1.73 bits per heavy atom. The maximum Gasteiger partial charge on any atom is 0.383 e. The number of carbonyl (C=O) groups excluding carboxylic acids is 1. The lowest BCUT2D eigenvalue weighted by Crippen LogP contribution is -2.23. The number of para-hydroxylation sites is 1. The van der Waals surface area contributed by atoms with Crippen LogP contribution in [0, 0.1) is 0 Å². The summed E-state index contributed by atoms with van der Waals surface area (Å²) >= 11 is 0. The molecule has 3 rings (SSSR count). The van der Waals surface area contributed by atoms with Gasteiger partial charge in [-0.05, 0) is 45.0 Å². The standard InChI is InChI=1S/C20H18O6/c1-20(2,3)26-14-11-7-10-13-15(21)17(19(23)24-16(13)14)25-18(22)12-8-5-4-6-9-12/h4-11,21H,1-3H3. The molecule has 0 amide bonds. The van der Waals surface area contributed by atoms with Crippen molar-refractivity contribution >= 4 is 16.9 Å². The van der Waals surface area contributed by atoms with Gasteiger partial charge in [0.2, 0.25) is 0 Å². The van der Waals surface area contributed by atoms with E-state index in [-0.39, 0.29) is 16.5 Å². The van der Waals surface area contributed by atoms with Gasteiger partial charge in [-0.1, -0.05) is 24.3 Å². The molecule has 0 saturated carbocycles. The van der Waals surface area contributed by atoms with Crippen LogP contribution in [0.15, 0.2) is 57.7 Å². The number of hydrogen-bond donors (Lipinski definition) is 1. The number of fused-ring (bicyclic) bond motifs is 1. The number of esters is 1. The number of hydrogen-bond acceptors (Lipinski definition) is 6. The van der Waals surface area contributed by atoms with E-state index >= 15 is 0 Å². The second kappa shape index (κ2) is 6.55. The highest BCUT2D eigenvalue weighted by Crippen LogP contribution is 2.37. The molecule has 3 aromatic rings. The van der Waals surface area contributed by atoms with Crippen molar-refractivity contribution in [2.75, 3.05) is 0 Å². The highest BCUT2D eigenvalue weighted by atomic mass is 16.6. The quantitative estimate of drug-likeness (QED) is 0.567. The van der Waals surface area contributed by atoms with Crippen LogP contribution in [0.25, 0.3) is 11.0 Å². The van der Waals surface area contributed by atoms with E-state index in [2.05, 4.69) is 0 Å². The van der Waals surface area contributed by atoms with Crippen molar-refractivity contribution < 1.29 is 23.8 Å². The maximum atomic E-state index is 12.3. The zero-order chi connectivity index (χ0) is 18.9. The SMILES string of the molecule is CC(C)(C)Oc1cccc2c(O)c(OC(=O)c3ccccc3)c(=O)oc12. The maximum absolute atomic E-state index is 12.3. The Bertz CT molecular complexity index is 1010. The van der Waals surface area contributed by atoms with E-state index in [1.807, 2.05) is 20.8 Å². The molecule has 134 valence electrons. The highest BCUT2D eigenvalue weighted by molar-refractivity contribution is 5.94. The number of carbonyl (C=O) groups is 1. The molecule has 6 heteroatoms. The van der Waals surface area contributed by atoms with Gasteiger partial charge < -0.3 is 19.0 Å². The van der Waals surface area contributed by atoms with Gasteiger partial charge >= 0.3 is 11.6 Å². The van der Waals surface area contributed by atoms with Gasteiger partial charge in [-0.25, -0.2) is 9.59 Å². The molecule has 0 fully saturated rings. The van der Waals surface area contributed by atoms with E-state index < -0.39 is 28.7 Å². The van der Waals surface area contributed by atoms with Crippen molar-refractivity contribution in [1.82, 2.24) is 0 Å². The highest BCUT2D eigenvalue weighted by Gasteiger charge is 2.23. The molecule has 0 saturated heterocycles. The van der Waals surface area contributed by atoms with Crippen molar-refractivity contribution in [3.05, 3.63) is 64.5 Å². The Morgan fingerprint density at radius 3 is 2.38 bits per heavy atom. The van der Waals surface area contributed by atoms with E-state index in [4.69, 9.17) is 13.9 Å². The second-order valence-corrected chi connectivity index (χ2v) is 6.67. The summed E-state index contributed by atoms with van der Waals surface area (Å²) < 4.78 is 16.1. The summed E-state index contributed by atoms with van der Waals surface area (Å²) in [6, 6.07) is 13.0. The summed E-state index contributed by atoms with van der Waals surface area (Å²) in [5.41, 5.74) is -1.16. The number of rotatable bonds is 3. The van der Waals surface area contributed by atoms with E-state index in [1.165, 1.54) is 12.1 Å². The molecular weight excluding hydrogens is 336 g/mol. The first-order chi connectivity index (χ1) is 12.3. The Balaban J connectivity index is 2.06. The lowest BCUT2D eigenvalue weighted by molar-refractivity contribution is 0.0723. The molecule has 0 radical (unpaired) electrons. The van der Waals surface area contributed by atoms with Crippen LogP contribution in [0.5, 0.6) is 17.2 Å².